The van der Waals surface area contributed by atoms with E-state index in [-0.39, 0.29) is 17.4 Å². The van der Waals surface area contributed by atoms with Crippen LogP contribution in [0.15, 0.2) is 0 Å². The van der Waals surface area contributed by atoms with Gasteiger partial charge in [-0.15, -0.1) is 0 Å². The van der Waals surface area contributed by atoms with Crippen LogP contribution in [0, 0.1) is 16.0 Å². The summed E-state index contributed by atoms with van der Waals surface area (Å²) >= 11 is 0. The molecule has 0 spiro atoms. The van der Waals surface area contributed by atoms with E-state index >= 15 is 0 Å². The predicted octanol–water partition coefficient (Wildman–Crippen LogP) is 0.908. The van der Waals surface area contributed by atoms with Crippen LogP contribution >= 0.6 is 0 Å². The molecule has 72 valence electrons. The molecule has 0 aliphatic carbocycles. The van der Waals surface area contributed by atoms with Crippen molar-refractivity contribution in [1.29, 1.82) is 0 Å². The maximum Gasteiger partial charge on any atom is 0.211 e. The number of methoxy groups -OCH3 is 2. The lowest BCUT2D eigenvalue weighted by atomic mass is 10.1. The van der Waals surface area contributed by atoms with E-state index in [0.29, 0.717) is 6.42 Å². The molecule has 0 bridgehead atoms. The van der Waals surface area contributed by atoms with Crippen molar-refractivity contribution < 1.29 is 14.4 Å². The lowest BCUT2D eigenvalue weighted by molar-refractivity contribution is -0.493. The van der Waals surface area contributed by atoms with E-state index in [1.165, 1.54) is 14.2 Å². The molecule has 0 aromatic heterocycles. The molecule has 0 fully saturated rings. The Morgan fingerprint density at radius 2 is 1.92 bits per heavy atom. The molecule has 5 nitrogen and oxygen atoms in total. The lowest BCUT2D eigenvalue weighted by Gasteiger charge is -2.19. The fourth-order valence-corrected chi connectivity index (χ4v) is 1.08. The first kappa shape index (κ1) is 11.3. The SMILES string of the molecule is CCC(C[N+](=O)[O-])C(OC)OC. The number of ether oxygens (including phenoxy) is 2. The van der Waals surface area contributed by atoms with Gasteiger partial charge in [0.25, 0.3) is 0 Å². The molecule has 1 unspecified atom stereocenters. The molecule has 0 saturated heterocycles. The molecule has 0 heterocycles. The summed E-state index contributed by atoms with van der Waals surface area (Å²) in [6, 6.07) is 0. The molecule has 0 aromatic rings. The highest BCUT2D eigenvalue weighted by atomic mass is 16.7. The van der Waals surface area contributed by atoms with Crippen molar-refractivity contribution in [3.63, 3.8) is 0 Å². The number of nitro groups is 1. The topological polar surface area (TPSA) is 61.6 Å². The Hall–Kier alpha value is -0.680. The zero-order chi connectivity index (χ0) is 9.56. The largest absolute Gasteiger partial charge is 0.355 e. The van der Waals surface area contributed by atoms with Crippen molar-refractivity contribution in [2.24, 2.45) is 5.92 Å². The molecular formula is C7H15NO4. The second kappa shape index (κ2) is 5.91. The Kier molecular flexibility index (Phi) is 5.57. The summed E-state index contributed by atoms with van der Waals surface area (Å²) in [4.78, 5) is 9.85. The van der Waals surface area contributed by atoms with E-state index in [1.807, 2.05) is 6.92 Å². The van der Waals surface area contributed by atoms with Gasteiger partial charge in [-0.3, -0.25) is 10.1 Å². The molecule has 0 N–H and O–H groups in total. The molecule has 12 heavy (non-hydrogen) atoms. The van der Waals surface area contributed by atoms with Crippen molar-refractivity contribution in [3.05, 3.63) is 10.1 Å². The van der Waals surface area contributed by atoms with Gasteiger partial charge in [0.1, 0.15) is 0 Å². The van der Waals surface area contributed by atoms with Crippen molar-refractivity contribution in [1.82, 2.24) is 0 Å². The van der Waals surface area contributed by atoms with Gasteiger partial charge in [-0.1, -0.05) is 6.92 Å². The van der Waals surface area contributed by atoms with Gasteiger partial charge < -0.3 is 9.47 Å². The maximum atomic E-state index is 10.2. The normalized spacial score (nSPS) is 13.3. The van der Waals surface area contributed by atoms with E-state index in [1.54, 1.807) is 0 Å². The van der Waals surface area contributed by atoms with Gasteiger partial charge in [-0.05, 0) is 6.42 Å². The smallest absolute Gasteiger partial charge is 0.211 e. The van der Waals surface area contributed by atoms with Crippen LogP contribution in [0.1, 0.15) is 13.3 Å². The van der Waals surface area contributed by atoms with Crippen molar-refractivity contribution in [2.45, 2.75) is 19.6 Å². The van der Waals surface area contributed by atoms with Crippen LogP contribution in [0.25, 0.3) is 0 Å². The minimum absolute atomic E-state index is 0.108. The summed E-state index contributed by atoms with van der Waals surface area (Å²) in [7, 11) is 2.97. The predicted molar refractivity (Wildman–Crippen MR) is 43.4 cm³/mol. The molecule has 0 saturated carbocycles. The van der Waals surface area contributed by atoms with Gasteiger partial charge in [0.15, 0.2) is 6.29 Å². The standard InChI is InChI=1S/C7H15NO4/c1-4-6(5-8(9)10)7(11-2)12-3/h6-7H,4-5H2,1-3H3. The van der Waals surface area contributed by atoms with E-state index < -0.39 is 6.29 Å². The third-order valence-corrected chi connectivity index (χ3v) is 1.76. The first-order valence-electron chi connectivity index (χ1n) is 3.83. The summed E-state index contributed by atoms with van der Waals surface area (Å²) < 4.78 is 9.85. The molecule has 0 aliphatic rings. The molecule has 1 atom stereocenters. The van der Waals surface area contributed by atoms with Crippen LogP contribution in [0.3, 0.4) is 0 Å². The zero-order valence-electron chi connectivity index (χ0n) is 7.65. The third-order valence-electron chi connectivity index (χ3n) is 1.76. The van der Waals surface area contributed by atoms with Crippen LogP contribution in [0.4, 0.5) is 0 Å². The van der Waals surface area contributed by atoms with Crippen LogP contribution < -0.4 is 0 Å². The minimum Gasteiger partial charge on any atom is -0.355 e. The number of hydrogen-bond donors (Lipinski definition) is 0. The summed E-state index contributed by atoms with van der Waals surface area (Å²) in [5.41, 5.74) is 0. The zero-order valence-corrected chi connectivity index (χ0v) is 7.65. The van der Waals surface area contributed by atoms with Gasteiger partial charge >= 0.3 is 0 Å². The van der Waals surface area contributed by atoms with Crippen molar-refractivity contribution >= 4 is 0 Å². The first-order chi connectivity index (χ1) is 5.65. The van der Waals surface area contributed by atoms with Gasteiger partial charge in [-0.25, -0.2) is 0 Å². The molecule has 0 rings (SSSR count). The molecular weight excluding hydrogens is 162 g/mol. The first-order valence-corrected chi connectivity index (χ1v) is 3.83. The Balaban J connectivity index is 4.01. The van der Waals surface area contributed by atoms with Gasteiger partial charge in [0.05, 0.1) is 5.92 Å². The molecule has 0 aliphatic heterocycles. The van der Waals surface area contributed by atoms with E-state index in [4.69, 9.17) is 9.47 Å². The van der Waals surface area contributed by atoms with E-state index in [0.717, 1.165) is 0 Å². The van der Waals surface area contributed by atoms with Gasteiger partial charge in [0, 0.05) is 19.1 Å². The molecule has 0 amide bonds. The average Bonchev–Trinajstić information content (AvgIpc) is 2.04. The Morgan fingerprint density at radius 1 is 1.42 bits per heavy atom. The second-order valence-corrected chi connectivity index (χ2v) is 2.52. The highest BCUT2D eigenvalue weighted by Gasteiger charge is 2.23. The highest BCUT2D eigenvalue weighted by Crippen LogP contribution is 2.12. The average molecular weight is 177 g/mol. The number of nitrogens with zero attached hydrogens (tertiary/aromatic N) is 1. The fourth-order valence-electron chi connectivity index (χ4n) is 1.08. The van der Waals surface area contributed by atoms with Crippen LogP contribution in [0.5, 0.6) is 0 Å². The highest BCUT2D eigenvalue weighted by molar-refractivity contribution is 4.58. The number of rotatable bonds is 6. The second-order valence-electron chi connectivity index (χ2n) is 2.52. The van der Waals surface area contributed by atoms with Crippen LogP contribution in [-0.4, -0.2) is 32.0 Å². The van der Waals surface area contributed by atoms with E-state index in [9.17, 15) is 10.1 Å². The quantitative estimate of drug-likeness (QED) is 0.343. The minimum atomic E-state index is -0.472. The van der Waals surface area contributed by atoms with Crippen molar-refractivity contribution in [3.8, 4) is 0 Å². The molecule has 0 radical (unpaired) electrons. The summed E-state index contributed by atoms with van der Waals surface area (Å²) in [6.45, 7) is 1.77. The van der Waals surface area contributed by atoms with Crippen LogP contribution in [0.2, 0.25) is 0 Å². The fraction of sp³-hybridized carbons (Fsp3) is 1.00. The monoisotopic (exact) mass is 177 g/mol. The Bertz CT molecular complexity index is 135. The van der Waals surface area contributed by atoms with Crippen LogP contribution in [-0.2, 0) is 9.47 Å². The van der Waals surface area contributed by atoms with E-state index in [2.05, 4.69) is 0 Å². The maximum absolute atomic E-state index is 10.2. The lowest BCUT2D eigenvalue weighted by Crippen LogP contribution is -2.30. The Labute approximate surface area is 71.8 Å². The Morgan fingerprint density at radius 3 is 2.17 bits per heavy atom. The summed E-state index contributed by atoms with van der Waals surface area (Å²) in [5, 5.41) is 10.2. The third kappa shape index (κ3) is 3.64. The summed E-state index contributed by atoms with van der Waals surface area (Å²) in [6.07, 6.45) is 0.202. The van der Waals surface area contributed by atoms with Gasteiger partial charge in [-0.2, -0.15) is 0 Å². The van der Waals surface area contributed by atoms with Crippen molar-refractivity contribution in [2.75, 3.05) is 20.8 Å². The molecule has 5 heteroatoms. The summed E-state index contributed by atoms with van der Waals surface area (Å²) in [5.74, 6) is -0.171. The molecule has 0 aromatic carbocycles. The number of hydrogen-bond acceptors (Lipinski definition) is 4. The van der Waals surface area contributed by atoms with Gasteiger partial charge in [0.2, 0.25) is 6.54 Å².